The number of nitrogens with zero attached hydrogens (tertiary/aromatic N) is 1. The van der Waals surface area contributed by atoms with E-state index in [1.807, 2.05) is 0 Å². The van der Waals surface area contributed by atoms with E-state index in [0.717, 1.165) is 23.3 Å². The van der Waals surface area contributed by atoms with Crippen molar-refractivity contribution >= 4 is 8.24 Å². The third-order valence-electron chi connectivity index (χ3n) is 5.66. The monoisotopic (exact) mass is 277 g/mol. The highest BCUT2D eigenvalue weighted by atomic mass is 28.3. The zero-order valence-electron chi connectivity index (χ0n) is 13.8. The zero-order valence-corrected chi connectivity index (χ0v) is 14.8. The van der Waals surface area contributed by atoms with Gasteiger partial charge in [0, 0.05) is 5.54 Å². The van der Waals surface area contributed by atoms with E-state index in [2.05, 4.69) is 76.7 Å². The lowest BCUT2D eigenvalue weighted by molar-refractivity contribution is 0.272. The molecular formula is C17H31NSi. The van der Waals surface area contributed by atoms with Gasteiger partial charge in [-0.15, -0.1) is 0 Å². The molecule has 2 aliphatic rings. The Labute approximate surface area is 120 Å². The Balaban J connectivity index is 2.29. The minimum absolute atomic E-state index is 0.280. The summed E-state index contributed by atoms with van der Waals surface area (Å²) in [6.07, 6.45) is 10.8. The highest BCUT2D eigenvalue weighted by Gasteiger charge is 2.51. The molecule has 0 aromatic heterocycles. The quantitative estimate of drug-likeness (QED) is 0.662. The van der Waals surface area contributed by atoms with E-state index >= 15 is 0 Å². The second-order valence-electron chi connectivity index (χ2n) is 8.13. The lowest BCUT2D eigenvalue weighted by Gasteiger charge is -2.49. The van der Waals surface area contributed by atoms with Gasteiger partial charge in [-0.1, -0.05) is 44.3 Å². The average molecular weight is 278 g/mol. The van der Waals surface area contributed by atoms with E-state index in [0.29, 0.717) is 0 Å². The molecule has 1 nitrogen and oxygen atoms in total. The number of allylic oxidation sites excluding steroid dienone is 4. The highest BCUT2D eigenvalue weighted by Crippen LogP contribution is 2.53. The third-order valence-corrected chi connectivity index (χ3v) is 10.6. The van der Waals surface area contributed by atoms with Gasteiger partial charge in [-0.25, -0.2) is 0 Å². The van der Waals surface area contributed by atoms with Crippen molar-refractivity contribution in [2.24, 2.45) is 17.8 Å². The molecule has 0 radical (unpaired) electrons. The summed E-state index contributed by atoms with van der Waals surface area (Å²) >= 11 is 0. The molecule has 2 heteroatoms. The summed E-state index contributed by atoms with van der Waals surface area (Å²) in [7, 11) is 0.924. The first-order valence-electron chi connectivity index (χ1n) is 7.74. The van der Waals surface area contributed by atoms with Crippen LogP contribution in [-0.2, 0) is 0 Å². The second kappa shape index (κ2) is 4.89. The van der Waals surface area contributed by atoms with Gasteiger partial charge >= 0.3 is 0 Å². The summed E-state index contributed by atoms with van der Waals surface area (Å²) < 4.78 is 2.72. The van der Waals surface area contributed by atoms with E-state index in [1.165, 1.54) is 6.42 Å². The van der Waals surface area contributed by atoms with Crippen molar-refractivity contribution < 1.29 is 0 Å². The fourth-order valence-corrected chi connectivity index (χ4v) is 9.51. The molecule has 0 aliphatic heterocycles. The Morgan fingerprint density at radius 2 is 1.68 bits per heavy atom. The smallest absolute Gasteiger partial charge is 0.126 e. The molecular weight excluding hydrogens is 246 g/mol. The van der Waals surface area contributed by atoms with Crippen LogP contribution in [0.2, 0.25) is 18.6 Å². The summed E-state index contributed by atoms with van der Waals surface area (Å²) in [6, 6.07) is 0. The van der Waals surface area contributed by atoms with E-state index in [1.54, 1.807) is 0 Å². The van der Waals surface area contributed by atoms with Gasteiger partial charge < -0.3 is 4.57 Å². The Morgan fingerprint density at radius 1 is 1.11 bits per heavy atom. The number of hydrogen-bond acceptors (Lipinski definition) is 1. The fourth-order valence-electron chi connectivity index (χ4n) is 4.50. The first kappa shape index (κ1) is 15.1. The number of rotatable bonds is 2. The van der Waals surface area contributed by atoms with E-state index in [4.69, 9.17) is 0 Å². The van der Waals surface area contributed by atoms with Gasteiger partial charge in [0.05, 0.1) is 0 Å². The summed E-state index contributed by atoms with van der Waals surface area (Å²) in [5, 5.41) is 0. The van der Waals surface area contributed by atoms with Crippen LogP contribution in [0.5, 0.6) is 0 Å². The molecule has 1 saturated carbocycles. The summed E-state index contributed by atoms with van der Waals surface area (Å²) in [5.74, 6) is 2.44. The van der Waals surface area contributed by atoms with Gasteiger partial charge in [0.25, 0.3) is 0 Å². The number of hydrogen-bond donors (Lipinski definition) is 0. The van der Waals surface area contributed by atoms with Crippen molar-refractivity contribution in [2.45, 2.75) is 58.3 Å². The average Bonchev–Trinajstić information content (AvgIpc) is 2.63. The predicted octanol–water partition coefficient (Wildman–Crippen LogP) is 4.69. The van der Waals surface area contributed by atoms with Crippen LogP contribution in [0.1, 0.15) is 34.1 Å². The molecule has 1 fully saturated rings. The van der Waals surface area contributed by atoms with Crippen molar-refractivity contribution in [2.75, 3.05) is 7.05 Å². The molecule has 0 N–H and O–H groups in total. The van der Waals surface area contributed by atoms with Gasteiger partial charge in [-0.2, -0.15) is 0 Å². The Bertz CT molecular complexity index is 389. The van der Waals surface area contributed by atoms with E-state index < -0.39 is 8.24 Å². The highest BCUT2D eigenvalue weighted by molar-refractivity contribution is 6.76. The molecule has 0 saturated heterocycles. The molecule has 0 spiro atoms. The molecule has 0 amide bonds. The van der Waals surface area contributed by atoms with Crippen LogP contribution in [0, 0.1) is 17.8 Å². The Kier molecular flexibility index (Phi) is 3.87. The van der Waals surface area contributed by atoms with Crippen molar-refractivity contribution in [1.29, 1.82) is 0 Å². The second-order valence-corrected chi connectivity index (χ2v) is 12.8. The molecule has 4 unspecified atom stereocenters. The molecule has 0 aromatic carbocycles. The first-order chi connectivity index (χ1) is 8.65. The van der Waals surface area contributed by atoms with Gasteiger partial charge in [-0.05, 0) is 57.5 Å². The van der Waals surface area contributed by atoms with Crippen LogP contribution in [0.3, 0.4) is 0 Å². The molecule has 4 atom stereocenters. The minimum Gasteiger partial charge on any atom is -0.322 e. The topological polar surface area (TPSA) is 3.24 Å². The molecule has 0 bridgehead atoms. The lowest BCUT2D eigenvalue weighted by atomic mass is 9.92. The van der Waals surface area contributed by atoms with Crippen LogP contribution in [-0.4, -0.2) is 25.4 Å². The summed E-state index contributed by atoms with van der Waals surface area (Å²) in [4.78, 5) is 0. The van der Waals surface area contributed by atoms with Crippen molar-refractivity contribution in [3.8, 4) is 0 Å². The maximum Gasteiger partial charge on any atom is 0.126 e. The predicted molar refractivity (Wildman–Crippen MR) is 87.8 cm³/mol. The Morgan fingerprint density at radius 3 is 2.26 bits per heavy atom. The van der Waals surface area contributed by atoms with Crippen molar-refractivity contribution in [3.05, 3.63) is 24.3 Å². The maximum absolute atomic E-state index is 2.72. The van der Waals surface area contributed by atoms with E-state index in [9.17, 15) is 0 Å². The van der Waals surface area contributed by atoms with Gasteiger partial charge in [0.1, 0.15) is 8.24 Å². The molecule has 0 heterocycles. The molecule has 19 heavy (non-hydrogen) atoms. The number of fused-ring (bicyclic) bond motifs is 1. The standard InChI is InChI=1S/C17H31NSi/c1-13-12-14-10-8-9-11-15(14)16(13)19(6,7)18(5)17(2,3)4/h8-11,13-16H,12H2,1-7H3. The zero-order chi connectivity index (χ0) is 14.4. The molecule has 108 valence electrons. The van der Waals surface area contributed by atoms with Crippen LogP contribution in [0.15, 0.2) is 24.3 Å². The molecule has 2 rings (SSSR count). The van der Waals surface area contributed by atoms with Gasteiger partial charge in [0.15, 0.2) is 0 Å². The normalized spacial score (nSPS) is 34.9. The summed E-state index contributed by atoms with van der Waals surface area (Å²) in [6.45, 7) is 14.7. The minimum atomic E-state index is -1.43. The first-order valence-corrected chi connectivity index (χ1v) is 10.8. The van der Waals surface area contributed by atoms with Crippen LogP contribution < -0.4 is 0 Å². The van der Waals surface area contributed by atoms with Crippen LogP contribution >= 0.6 is 0 Å². The summed E-state index contributed by atoms with van der Waals surface area (Å²) in [5.41, 5.74) is 1.16. The van der Waals surface area contributed by atoms with E-state index in [-0.39, 0.29) is 5.54 Å². The fraction of sp³-hybridized carbons (Fsp3) is 0.765. The third kappa shape index (κ3) is 2.62. The van der Waals surface area contributed by atoms with Gasteiger partial charge in [0.2, 0.25) is 0 Å². The molecule has 2 aliphatic carbocycles. The van der Waals surface area contributed by atoms with Crippen LogP contribution in [0.4, 0.5) is 0 Å². The molecule has 0 aromatic rings. The Hall–Kier alpha value is -0.343. The van der Waals surface area contributed by atoms with Crippen molar-refractivity contribution in [3.63, 3.8) is 0 Å². The SMILES string of the molecule is CC1CC2C=CC=CC2C1[Si](C)(C)N(C)C(C)(C)C. The largest absolute Gasteiger partial charge is 0.322 e. The lowest BCUT2D eigenvalue weighted by Crippen LogP contribution is -2.59. The maximum atomic E-state index is 2.72. The van der Waals surface area contributed by atoms with Crippen LogP contribution in [0.25, 0.3) is 0 Å². The van der Waals surface area contributed by atoms with Gasteiger partial charge in [-0.3, -0.25) is 0 Å². The van der Waals surface area contributed by atoms with Crippen molar-refractivity contribution in [1.82, 2.24) is 4.57 Å².